The molecule has 1 rings (SSSR count). The molecule has 0 saturated heterocycles. The van der Waals surface area contributed by atoms with Crippen LogP contribution >= 0.6 is 0 Å². The van der Waals surface area contributed by atoms with Gasteiger partial charge in [0.05, 0.1) is 0 Å². The Balaban J connectivity index is 2.39. The highest BCUT2D eigenvalue weighted by Crippen LogP contribution is 2.22. The van der Waals surface area contributed by atoms with E-state index < -0.39 is 18.1 Å². The Morgan fingerprint density at radius 2 is 1.86 bits per heavy atom. The highest BCUT2D eigenvalue weighted by molar-refractivity contribution is 5.79. The zero-order valence-corrected chi connectivity index (χ0v) is 13.5. The zero-order valence-electron chi connectivity index (χ0n) is 13.5. The lowest BCUT2D eigenvalue weighted by molar-refractivity contribution is -0.139. The third-order valence-corrected chi connectivity index (χ3v) is 3.22. The van der Waals surface area contributed by atoms with Gasteiger partial charge in [-0.25, -0.2) is 9.59 Å². The molecule has 0 radical (unpaired) electrons. The molecule has 0 heterocycles. The maximum Gasteiger partial charge on any atom is 0.408 e. The number of rotatable bonds is 7. The van der Waals surface area contributed by atoms with E-state index in [4.69, 9.17) is 9.84 Å². The zero-order chi connectivity index (χ0) is 16.6. The first-order valence-electron chi connectivity index (χ1n) is 7.48. The highest BCUT2D eigenvalue weighted by atomic mass is 16.5. The Labute approximate surface area is 131 Å². The molecule has 1 atom stereocenters. The van der Waals surface area contributed by atoms with Crippen molar-refractivity contribution in [2.75, 3.05) is 0 Å². The topological polar surface area (TPSA) is 75.6 Å². The second-order valence-electron chi connectivity index (χ2n) is 6.55. The van der Waals surface area contributed by atoms with Gasteiger partial charge in [-0.2, -0.15) is 0 Å². The van der Waals surface area contributed by atoms with Gasteiger partial charge in [-0.3, -0.25) is 0 Å². The molecule has 0 aromatic heterocycles. The number of alkyl carbamates (subject to hydrolysis) is 1. The average molecular weight is 307 g/mol. The number of nitrogens with one attached hydrogen (secondary N) is 1. The normalized spacial score (nSPS) is 12.5. The molecule has 1 aromatic rings. The molecule has 1 amide bonds. The van der Waals surface area contributed by atoms with Crippen LogP contribution in [0.15, 0.2) is 30.3 Å². The lowest BCUT2D eigenvalue weighted by Gasteiger charge is -2.20. The van der Waals surface area contributed by atoms with Gasteiger partial charge in [0, 0.05) is 0 Å². The molecule has 0 saturated carbocycles. The summed E-state index contributed by atoms with van der Waals surface area (Å²) in [4.78, 5) is 22.9. The summed E-state index contributed by atoms with van der Waals surface area (Å²) in [7, 11) is 0. The van der Waals surface area contributed by atoms with Crippen LogP contribution in [0.5, 0.6) is 0 Å². The van der Waals surface area contributed by atoms with E-state index >= 15 is 0 Å². The Morgan fingerprint density at radius 3 is 2.41 bits per heavy atom. The fourth-order valence-electron chi connectivity index (χ4n) is 2.00. The Hall–Kier alpha value is -2.04. The summed E-state index contributed by atoms with van der Waals surface area (Å²) in [5, 5.41) is 11.6. The lowest BCUT2D eigenvalue weighted by atomic mass is 9.89. The third-order valence-electron chi connectivity index (χ3n) is 3.22. The molecule has 0 aliphatic carbocycles. The second kappa shape index (κ2) is 8.41. The summed E-state index contributed by atoms with van der Waals surface area (Å²) in [6.45, 7) is 6.43. The molecular formula is C17H25NO4. The molecule has 0 aliphatic rings. The van der Waals surface area contributed by atoms with Crippen LogP contribution in [0, 0.1) is 5.41 Å². The number of carboxylic acids is 1. The molecule has 0 bridgehead atoms. The predicted molar refractivity (Wildman–Crippen MR) is 84.5 cm³/mol. The van der Waals surface area contributed by atoms with Crippen molar-refractivity contribution in [3.63, 3.8) is 0 Å². The van der Waals surface area contributed by atoms with Gasteiger partial charge in [0.25, 0.3) is 0 Å². The van der Waals surface area contributed by atoms with E-state index in [0.717, 1.165) is 18.4 Å². The van der Waals surface area contributed by atoms with Crippen LogP contribution in [-0.4, -0.2) is 23.2 Å². The Bertz CT molecular complexity index is 479. The summed E-state index contributed by atoms with van der Waals surface area (Å²) in [6.07, 6.45) is 1.33. The monoisotopic (exact) mass is 307 g/mol. The fourth-order valence-corrected chi connectivity index (χ4v) is 2.00. The number of amides is 1. The largest absolute Gasteiger partial charge is 0.480 e. The van der Waals surface area contributed by atoms with Crippen LogP contribution in [0.3, 0.4) is 0 Å². The minimum Gasteiger partial charge on any atom is -0.480 e. The number of ether oxygens (including phenoxy) is 1. The standard InChI is InChI=1S/C17H25NO4/c1-17(2,3)11-7-10-14(15(19)20)18-16(21)22-12-13-8-5-4-6-9-13/h4-6,8-9,14H,7,10-12H2,1-3H3,(H,18,21)(H,19,20). The van der Waals surface area contributed by atoms with Crippen LogP contribution in [0.25, 0.3) is 0 Å². The van der Waals surface area contributed by atoms with Gasteiger partial charge in [-0.05, 0) is 23.8 Å². The number of carbonyl (C=O) groups excluding carboxylic acids is 1. The van der Waals surface area contributed by atoms with Crippen LogP contribution in [0.4, 0.5) is 4.79 Å². The number of benzene rings is 1. The predicted octanol–water partition coefficient (Wildman–Crippen LogP) is 3.58. The van der Waals surface area contributed by atoms with E-state index in [1.165, 1.54) is 0 Å². The van der Waals surface area contributed by atoms with Gasteiger partial charge in [0.15, 0.2) is 0 Å². The summed E-state index contributed by atoms with van der Waals surface area (Å²) in [5.74, 6) is -1.04. The molecule has 22 heavy (non-hydrogen) atoms. The van der Waals surface area contributed by atoms with Crippen molar-refractivity contribution in [2.24, 2.45) is 5.41 Å². The van der Waals surface area contributed by atoms with Gasteiger partial charge < -0.3 is 15.2 Å². The second-order valence-corrected chi connectivity index (χ2v) is 6.55. The third kappa shape index (κ3) is 7.67. The van der Waals surface area contributed by atoms with E-state index in [1.807, 2.05) is 30.3 Å². The van der Waals surface area contributed by atoms with E-state index in [1.54, 1.807) is 0 Å². The van der Waals surface area contributed by atoms with E-state index in [0.29, 0.717) is 6.42 Å². The van der Waals surface area contributed by atoms with Gasteiger partial charge in [-0.15, -0.1) is 0 Å². The SMILES string of the molecule is CC(C)(C)CCCC(NC(=O)OCc1ccccc1)C(=O)O. The van der Waals surface area contributed by atoms with E-state index in [9.17, 15) is 9.59 Å². The lowest BCUT2D eigenvalue weighted by Crippen LogP contribution is -2.41. The van der Waals surface area contributed by atoms with Gasteiger partial charge in [0.1, 0.15) is 12.6 Å². The molecule has 122 valence electrons. The number of carboxylic acid groups (broad SMARTS) is 1. The number of hydrogen-bond acceptors (Lipinski definition) is 3. The molecule has 0 aliphatic heterocycles. The first-order valence-corrected chi connectivity index (χ1v) is 7.48. The Morgan fingerprint density at radius 1 is 1.23 bits per heavy atom. The van der Waals surface area contributed by atoms with Crippen molar-refractivity contribution in [3.8, 4) is 0 Å². The van der Waals surface area contributed by atoms with E-state index in [-0.39, 0.29) is 12.0 Å². The summed E-state index contributed by atoms with van der Waals surface area (Å²) >= 11 is 0. The molecule has 0 fully saturated rings. The van der Waals surface area contributed by atoms with Crippen LogP contribution in [0.1, 0.15) is 45.6 Å². The van der Waals surface area contributed by atoms with Crippen LogP contribution in [0.2, 0.25) is 0 Å². The molecule has 1 aromatic carbocycles. The summed E-state index contributed by atoms with van der Waals surface area (Å²) in [6, 6.07) is 8.34. The minimum atomic E-state index is -1.04. The summed E-state index contributed by atoms with van der Waals surface area (Å²) in [5.41, 5.74) is 1.01. The first kappa shape index (κ1) is 18.0. The maximum atomic E-state index is 11.7. The molecule has 5 nitrogen and oxygen atoms in total. The maximum absolute atomic E-state index is 11.7. The molecular weight excluding hydrogens is 282 g/mol. The molecule has 1 unspecified atom stereocenters. The van der Waals surface area contributed by atoms with Crippen molar-refractivity contribution in [1.82, 2.24) is 5.32 Å². The van der Waals surface area contributed by atoms with Crippen molar-refractivity contribution in [1.29, 1.82) is 0 Å². The quantitative estimate of drug-likeness (QED) is 0.807. The molecule has 0 spiro atoms. The molecule has 5 heteroatoms. The van der Waals surface area contributed by atoms with Gasteiger partial charge in [-0.1, -0.05) is 57.5 Å². The van der Waals surface area contributed by atoms with Crippen molar-refractivity contribution in [3.05, 3.63) is 35.9 Å². The van der Waals surface area contributed by atoms with E-state index in [2.05, 4.69) is 26.1 Å². The number of carbonyl (C=O) groups is 2. The van der Waals surface area contributed by atoms with Crippen LogP contribution in [-0.2, 0) is 16.1 Å². The smallest absolute Gasteiger partial charge is 0.408 e. The van der Waals surface area contributed by atoms with Crippen molar-refractivity contribution >= 4 is 12.1 Å². The number of hydrogen-bond donors (Lipinski definition) is 2. The van der Waals surface area contributed by atoms with Gasteiger partial charge in [0.2, 0.25) is 0 Å². The average Bonchev–Trinajstić information content (AvgIpc) is 2.43. The van der Waals surface area contributed by atoms with Crippen molar-refractivity contribution in [2.45, 2.75) is 52.7 Å². The van der Waals surface area contributed by atoms with Crippen LogP contribution < -0.4 is 5.32 Å². The number of aliphatic carboxylic acids is 1. The fraction of sp³-hybridized carbons (Fsp3) is 0.529. The highest BCUT2D eigenvalue weighted by Gasteiger charge is 2.21. The van der Waals surface area contributed by atoms with Gasteiger partial charge >= 0.3 is 12.1 Å². The Kier molecular flexibility index (Phi) is 6.89. The molecule has 2 N–H and O–H groups in total. The van der Waals surface area contributed by atoms with Crippen molar-refractivity contribution < 1.29 is 19.4 Å². The first-order chi connectivity index (χ1) is 10.3. The summed E-state index contributed by atoms with van der Waals surface area (Å²) < 4.78 is 5.04. The minimum absolute atomic E-state index is 0.126.